The summed E-state index contributed by atoms with van der Waals surface area (Å²) in [4.78, 5) is 11.8. The minimum atomic E-state index is -0.347. The zero-order valence-corrected chi connectivity index (χ0v) is 11.7. The molecule has 88 valence electrons. The molecule has 1 heterocycles. The SMILES string of the molecule is O=c1c(Br)c(Br)cnn1Cc1ccccc1F. The van der Waals surface area contributed by atoms with Gasteiger partial charge in [0, 0.05) is 5.56 Å². The van der Waals surface area contributed by atoms with Crippen molar-refractivity contribution in [2.75, 3.05) is 0 Å². The molecule has 0 bridgehead atoms. The molecule has 0 aliphatic carbocycles. The van der Waals surface area contributed by atoms with Crippen LogP contribution in [0.25, 0.3) is 0 Å². The highest BCUT2D eigenvalue weighted by molar-refractivity contribution is 9.13. The average Bonchev–Trinajstić information content (AvgIpc) is 2.32. The third-order valence-electron chi connectivity index (χ3n) is 2.22. The number of hydrogen-bond acceptors (Lipinski definition) is 2. The van der Waals surface area contributed by atoms with Crippen LogP contribution < -0.4 is 5.56 Å². The van der Waals surface area contributed by atoms with E-state index in [4.69, 9.17) is 0 Å². The Hall–Kier alpha value is -1.01. The Balaban J connectivity index is 2.41. The molecule has 0 unspecified atom stereocenters. The predicted octanol–water partition coefficient (Wildman–Crippen LogP) is 2.96. The van der Waals surface area contributed by atoms with Crippen LogP contribution in [0.15, 0.2) is 44.2 Å². The van der Waals surface area contributed by atoms with Crippen LogP contribution >= 0.6 is 31.9 Å². The fourth-order valence-electron chi connectivity index (χ4n) is 1.35. The van der Waals surface area contributed by atoms with Crippen LogP contribution in [0.3, 0.4) is 0 Å². The Morgan fingerprint density at radius 1 is 1.29 bits per heavy atom. The highest BCUT2D eigenvalue weighted by Gasteiger charge is 2.08. The van der Waals surface area contributed by atoms with Crippen molar-refractivity contribution in [2.24, 2.45) is 0 Å². The first-order valence-corrected chi connectivity index (χ1v) is 6.32. The van der Waals surface area contributed by atoms with E-state index in [1.165, 1.54) is 16.9 Å². The van der Waals surface area contributed by atoms with Crippen molar-refractivity contribution in [3.05, 3.63) is 61.1 Å². The molecule has 17 heavy (non-hydrogen) atoms. The molecule has 0 atom stereocenters. The van der Waals surface area contributed by atoms with E-state index in [0.717, 1.165) is 0 Å². The second-order valence-electron chi connectivity index (χ2n) is 3.36. The van der Waals surface area contributed by atoms with Gasteiger partial charge in [-0.05, 0) is 37.9 Å². The normalized spacial score (nSPS) is 10.5. The summed E-state index contributed by atoms with van der Waals surface area (Å²) < 4.78 is 15.6. The van der Waals surface area contributed by atoms with E-state index in [9.17, 15) is 9.18 Å². The lowest BCUT2D eigenvalue weighted by molar-refractivity contribution is 0.570. The van der Waals surface area contributed by atoms with Crippen LogP contribution in [0, 0.1) is 5.82 Å². The van der Waals surface area contributed by atoms with Crippen molar-refractivity contribution < 1.29 is 4.39 Å². The topological polar surface area (TPSA) is 34.9 Å². The third kappa shape index (κ3) is 2.63. The maximum Gasteiger partial charge on any atom is 0.282 e. The molecule has 0 N–H and O–H groups in total. The van der Waals surface area contributed by atoms with Gasteiger partial charge in [-0.25, -0.2) is 9.07 Å². The summed E-state index contributed by atoms with van der Waals surface area (Å²) in [6.07, 6.45) is 1.49. The summed E-state index contributed by atoms with van der Waals surface area (Å²) in [6.45, 7) is 0.109. The maximum absolute atomic E-state index is 13.4. The van der Waals surface area contributed by atoms with E-state index in [2.05, 4.69) is 37.0 Å². The molecule has 0 radical (unpaired) electrons. The molecular formula is C11H7Br2FN2O. The lowest BCUT2D eigenvalue weighted by Gasteiger charge is -2.06. The Labute approximate surface area is 114 Å². The quantitative estimate of drug-likeness (QED) is 0.824. The molecule has 6 heteroatoms. The van der Waals surface area contributed by atoms with Gasteiger partial charge in [0.05, 0.1) is 17.2 Å². The summed E-state index contributed by atoms with van der Waals surface area (Å²) >= 11 is 6.33. The standard InChI is InChI=1S/C11H7Br2FN2O/c12-8-5-15-16(11(17)10(8)13)6-7-3-1-2-4-9(7)14/h1-5H,6H2. The van der Waals surface area contributed by atoms with Gasteiger partial charge in [0.1, 0.15) is 10.3 Å². The van der Waals surface area contributed by atoms with Crippen molar-refractivity contribution in [3.63, 3.8) is 0 Å². The van der Waals surface area contributed by atoms with Crippen molar-refractivity contribution in [1.82, 2.24) is 9.78 Å². The molecule has 1 aromatic carbocycles. The van der Waals surface area contributed by atoms with Gasteiger partial charge < -0.3 is 0 Å². The number of aromatic nitrogens is 2. The number of halogens is 3. The highest BCUT2D eigenvalue weighted by atomic mass is 79.9. The lowest BCUT2D eigenvalue weighted by atomic mass is 10.2. The molecule has 2 aromatic rings. The first-order valence-electron chi connectivity index (χ1n) is 4.74. The van der Waals surface area contributed by atoms with Crippen LogP contribution in [0.2, 0.25) is 0 Å². The maximum atomic E-state index is 13.4. The highest BCUT2D eigenvalue weighted by Crippen LogP contribution is 2.17. The Morgan fingerprint density at radius 3 is 2.71 bits per heavy atom. The van der Waals surface area contributed by atoms with Gasteiger partial charge in [-0.15, -0.1) is 0 Å². The van der Waals surface area contributed by atoms with Gasteiger partial charge in [-0.3, -0.25) is 4.79 Å². The Kier molecular flexibility index (Phi) is 3.73. The van der Waals surface area contributed by atoms with Crippen LogP contribution in [-0.4, -0.2) is 9.78 Å². The number of benzene rings is 1. The van der Waals surface area contributed by atoms with Crippen LogP contribution in [-0.2, 0) is 6.54 Å². The molecule has 1 aromatic heterocycles. The minimum Gasteiger partial charge on any atom is -0.266 e. The molecule has 0 fully saturated rings. The van der Waals surface area contributed by atoms with E-state index in [1.54, 1.807) is 18.2 Å². The number of nitrogens with zero attached hydrogens (tertiary/aromatic N) is 2. The van der Waals surface area contributed by atoms with Gasteiger partial charge >= 0.3 is 0 Å². The first kappa shape index (κ1) is 12.4. The van der Waals surface area contributed by atoms with Crippen molar-refractivity contribution in [1.29, 1.82) is 0 Å². The molecule has 0 spiro atoms. The molecule has 0 saturated heterocycles. The van der Waals surface area contributed by atoms with E-state index in [-0.39, 0.29) is 17.9 Å². The monoisotopic (exact) mass is 360 g/mol. The molecule has 0 saturated carbocycles. The zero-order valence-electron chi connectivity index (χ0n) is 8.53. The van der Waals surface area contributed by atoms with Crippen molar-refractivity contribution >= 4 is 31.9 Å². The van der Waals surface area contributed by atoms with E-state index < -0.39 is 0 Å². The third-order valence-corrected chi connectivity index (χ3v) is 4.12. The van der Waals surface area contributed by atoms with E-state index >= 15 is 0 Å². The first-order chi connectivity index (χ1) is 8.09. The summed E-state index contributed by atoms with van der Waals surface area (Å²) in [5.74, 6) is -0.347. The number of rotatable bonds is 2. The second kappa shape index (κ2) is 5.10. The Bertz CT molecular complexity index is 613. The average molecular weight is 362 g/mol. The van der Waals surface area contributed by atoms with Crippen LogP contribution in [0.4, 0.5) is 4.39 Å². The van der Waals surface area contributed by atoms with Gasteiger partial charge in [-0.1, -0.05) is 18.2 Å². The fourth-order valence-corrected chi connectivity index (χ4v) is 1.91. The Morgan fingerprint density at radius 2 is 2.00 bits per heavy atom. The predicted molar refractivity (Wildman–Crippen MR) is 69.4 cm³/mol. The lowest BCUT2D eigenvalue weighted by Crippen LogP contribution is -2.24. The summed E-state index contributed by atoms with van der Waals surface area (Å²) in [5, 5.41) is 3.94. The molecule has 0 aliphatic rings. The van der Waals surface area contributed by atoms with Gasteiger partial charge in [0.2, 0.25) is 0 Å². The molecule has 0 aliphatic heterocycles. The van der Waals surface area contributed by atoms with Crippen molar-refractivity contribution in [3.8, 4) is 0 Å². The van der Waals surface area contributed by atoms with E-state index in [1.807, 2.05) is 0 Å². The van der Waals surface area contributed by atoms with Crippen LogP contribution in [0.5, 0.6) is 0 Å². The van der Waals surface area contributed by atoms with E-state index in [0.29, 0.717) is 14.5 Å². The zero-order chi connectivity index (χ0) is 12.4. The van der Waals surface area contributed by atoms with Gasteiger partial charge in [0.25, 0.3) is 5.56 Å². The largest absolute Gasteiger partial charge is 0.282 e. The summed E-state index contributed by atoms with van der Waals surface area (Å²) in [5.41, 5.74) is 0.124. The summed E-state index contributed by atoms with van der Waals surface area (Å²) in [6, 6.07) is 6.30. The smallest absolute Gasteiger partial charge is 0.266 e. The van der Waals surface area contributed by atoms with Crippen LogP contribution in [0.1, 0.15) is 5.56 Å². The molecule has 0 amide bonds. The van der Waals surface area contributed by atoms with Crippen molar-refractivity contribution in [2.45, 2.75) is 6.54 Å². The molecular weight excluding hydrogens is 355 g/mol. The second-order valence-corrected chi connectivity index (χ2v) is 5.01. The van der Waals surface area contributed by atoms with Gasteiger partial charge in [0.15, 0.2) is 0 Å². The summed E-state index contributed by atoms with van der Waals surface area (Å²) in [7, 11) is 0. The number of hydrogen-bond donors (Lipinski definition) is 0. The fraction of sp³-hybridized carbons (Fsp3) is 0.0909. The molecule has 3 nitrogen and oxygen atoms in total. The minimum absolute atomic E-state index is 0.109. The molecule has 2 rings (SSSR count). The van der Waals surface area contributed by atoms with Gasteiger partial charge in [-0.2, -0.15) is 5.10 Å².